The molecule has 0 aromatic heterocycles. The molecule has 1 unspecified atom stereocenters. The fraction of sp³-hybridized carbons (Fsp3) is 0.391. The van der Waals surface area contributed by atoms with E-state index >= 15 is 0 Å². The van der Waals surface area contributed by atoms with Gasteiger partial charge in [0.05, 0.1) is 20.8 Å². The SMILES string of the molecule is CCNC(=NCC(O)c1cc(OC)ccc1OC)NCCc1cccc(C(=O)NC)c1.I. The average Bonchev–Trinajstić information content (AvgIpc) is 2.81. The van der Waals surface area contributed by atoms with Crippen LogP contribution in [-0.4, -0.2) is 57.9 Å². The Balaban J connectivity index is 0.00000512. The van der Waals surface area contributed by atoms with Gasteiger partial charge >= 0.3 is 0 Å². The van der Waals surface area contributed by atoms with Gasteiger partial charge in [0.25, 0.3) is 5.91 Å². The molecule has 8 nitrogen and oxygen atoms in total. The van der Waals surface area contributed by atoms with Crippen LogP contribution in [0.1, 0.15) is 34.5 Å². The van der Waals surface area contributed by atoms with E-state index in [1.54, 1.807) is 45.5 Å². The van der Waals surface area contributed by atoms with Crippen LogP contribution in [0.15, 0.2) is 47.5 Å². The number of benzene rings is 2. The van der Waals surface area contributed by atoms with Crippen LogP contribution in [-0.2, 0) is 6.42 Å². The molecule has 9 heteroatoms. The number of carbonyl (C=O) groups is 1. The number of rotatable bonds is 10. The zero-order valence-electron chi connectivity index (χ0n) is 19.0. The lowest BCUT2D eigenvalue weighted by atomic mass is 10.1. The summed E-state index contributed by atoms with van der Waals surface area (Å²) in [5.41, 5.74) is 2.30. The van der Waals surface area contributed by atoms with Crippen molar-refractivity contribution in [2.45, 2.75) is 19.4 Å². The highest BCUT2D eigenvalue weighted by molar-refractivity contribution is 14.0. The molecule has 0 fully saturated rings. The first-order valence-electron chi connectivity index (χ1n) is 10.3. The highest BCUT2D eigenvalue weighted by atomic mass is 127. The number of aliphatic hydroxyl groups is 1. The molecule has 2 aromatic carbocycles. The van der Waals surface area contributed by atoms with Crippen LogP contribution in [0.25, 0.3) is 0 Å². The molecule has 1 amide bonds. The summed E-state index contributed by atoms with van der Waals surface area (Å²) in [5, 5.41) is 19.7. The number of hydrogen-bond acceptors (Lipinski definition) is 5. The number of guanidine groups is 1. The number of ether oxygens (including phenoxy) is 2. The summed E-state index contributed by atoms with van der Waals surface area (Å²) in [7, 11) is 4.75. The van der Waals surface area contributed by atoms with Gasteiger partial charge in [0.1, 0.15) is 17.6 Å². The summed E-state index contributed by atoms with van der Waals surface area (Å²) in [5.74, 6) is 1.72. The normalized spacial score (nSPS) is 11.7. The lowest BCUT2D eigenvalue weighted by Crippen LogP contribution is -2.38. The van der Waals surface area contributed by atoms with Gasteiger partial charge in [0.2, 0.25) is 0 Å². The van der Waals surface area contributed by atoms with Gasteiger partial charge in [-0.25, -0.2) is 0 Å². The predicted molar refractivity (Wildman–Crippen MR) is 137 cm³/mol. The number of halogens is 1. The van der Waals surface area contributed by atoms with E-state index < -0.39 is 6.10 Å². The highest BCUT2D eigenvalue weighted by Crippen LogP contribution is 2.29. The number of amides is 1. The average molecular weight is 556 g/mol. The third kappa shape index (κ3) is 8.19. The van der Waals surface area contributed by atoms with Crippen molar-refractivity contribution in [2.75, 3.05) is 40.9 Å². The number of carbonyl (C=O) groups excluding carboxylic acids is 1. The Kier molecular flexibility index (Phi) is 12.5. The zero-order valence-corrected chi connectivity index (χ0v) is 21.3. The number of aliphatic hydroxyl groups excluding tert-OH is 1. The Morgan fingerprint density at radius 1 is 1.12 bits per heavy atom. The lowest BCUT2D eigenvalue weighted by molar-refractivity contribution is 0.0963. The predicted octanol–water partition coefficient (Wildman–Crippen LogP) is 2.51. The Morgan fingerprint density at radius 3 is 2.56 bits per heavy atom. The van der Waals surface area contributed by atoms with E-state index in [-0.39, 0.29) is 36.4 Å². The molecule has 4 N–H and O–H groups in total. The summed E-state index contributed by atoms with van der Waals surface area (Å²) in [4.78, 5) is 16.3. The second-order valence-electron chi connectivity index (χ2n) is 6.80. The van der Waals surface area contributed by atoms with E-state index in [4.69, 9.17) is 9.47 Å². The quantitative estimate of drug-likeness (QED) is 0.204. The Morgan fingerprint density at radius 2 is 1.91 bits per heavy atom. The maximum Gasteiger partial charge on any atom is 0.251 e. The number of aliphatic imine (C=N–C) groups is 1. The molecule has 2 aromatic rings. The van der Waals surface area contributed by atoms with Gasteiger partial charge in [-0.2, -0.15) is 0 Å². The molecule has 0 heterocycles. The Bertz CT molecular complexity index is 892. The Labute approximate surface area is 206 Å². The molecule has 0 aliphatic rings. The lowest BCUT2D eigenvalue weighted by Gasteiger charge is -2.16. The van der Waals surface area contributed by atoms with Gasteiger partial charge in [-0.05, 0) is 49.2 Å². The number of nitrogens with zero attached hydrogens (tertiary/aromatic N) is 1. The third-order valence-corrected chi connectivity index (χ3v) is 4.68. The van der Waals surface area contributed by atoms with Crippen molar-refractivity contribution < 1.29 is 19.4 Å². The largest absolute Gasteiger partial charge is 0.497 e. The summed E-state index contributed by atoms with van der Waals surface area (Å²) in [6, 6.07) is 12.8. The monoisotopic (exact) mass is 556 g/mol. The molecule has 0 bridgehead atoms. The molecule has 0 saturated heterocycles. The van der Waals surface area contributed by atoms with Crippen molar-refractivity contribution in [3.8, 4) is 11.5 Å². The molecular formula is C23H33IN4O4. The maximum atomic E-state index is 11.8. The van der Waals surface area contributed by atoms with Gasteiger partial charge in [-0.1, -0.05) is 12.1 Å². The number of hydrogen-bond donors (Lipinski definition) is 4. The van der Waals surface area contributed by atoms with Crippen LogP contribution < -0.4 is 25.4 Å². The van der Waals surface area contributed by atoms with Gasteiger partial charge in [0, 0.05) is 31.3 Å². The van der Waals surface area contributed by atoms with Gasteiger partial charge in [0.15, 0.2) is 5.96 Å². The Hall–Kier alpha value is -2.53. The van der Waals surface area contributed by atoms with Crippen LogP contribution >= 0.6 is 24.0 Å². The van der Waals surface area contributed by atoms with E-state index in [2.05, 4.69) is 20.9 Å². The third-order valence-electron chi connectivity index (χ3n) is 4.68. The highest BCUT2D eigenvalue weighted by Gasteiger charge is 2.15. The van der Waals surface area contributed by atoms with Crippen molar-refractivity contribution in [3.63, 3.8) is 0 Å². The smallest absolute Gasteiger partial charge is 0.251 e. The zero-order chi connectivity index (χ0) is 22.6. The molecule has 0 spiro atoms. The summed E-state index contributed by atoms with van der Waals surface area (Å²) >= 11 is 0. The maximum absolute atomic E-state index is 11.8. The van der Waals surface area contributed by atoms with Gasteiger partial charge < -0.3 is 30.5 Å². The molecule has 1 atom stereocenters. The molecule has 32 heavy (non-hydrogen) atoms. The fourth-order valence-corrected chi connectivity index (χ4v) is 3.06. The van der Waals surface area contributed by atoms with Crippen LogP contribution in [0.2, 0.25) is 0 Å². The summed E-state index contributed by atoms with van der Waals surface area (Å²) in [6.45, 7) is 3.45. The first kappa shape index (κ1) is 27.5. The molecule has 0 aliphatic carbocycles. The van der Waals surface area contributed by atoms with Crippen LogP contribution in [0.5, 0.6) is 11.5 Å². The number of methoxy groups -OCH3 is 2. The van der Waals surface area contributed by atoms with Crippen LogP contribution in [0, 0.1) is 0 Å². The van der Waals surface area contributed by atoms with E-state index in [1.165, 1.54) is 0 Å². The standard InChI is InChI=1S/C23H32N4O4.HI/c1-5-25-23(26-12-11-16-7-6-8-17(13-16)22(29)24-2)27-15-20(28)19-14-18(30-3)9-10-21(19)31-4;/h6-10,13-14,20,28H,5,11-12,15H2,1-4H3,(H,24,29)(H2,25,26,27);1H. The van der Waals surface area contributed by atoms with Crippen molar-refractivity contribution in [3.05, 3.63) is 59.2 Å². The van der Waals surface area contributed by atoms with Crippen LogP contribution in [0.3, 0.4) is 0 Å². The van der Waals surface area contributed by atoms with Gasteiger partial charge in [-0.3, -0.25) is 9.79 Å². The summed E-state index contributed by atoms with van der Waals surface area (Å²) in [6.07, 6.45) is -0.119. The topological polar surface area (TPSA) is 104 Å². The summed E-state index contributed by atoms with van der Waals surface area (Å²) < 4.78 is 10.6. The van der Waals surface area contributed by atoms with Crippen molar-refractivity contribution in [1.29, 1.82) is 0 Å². The molecule has 176 valence electrons. The van der Waals surface area contributed by atoms with E-state index in [0.717, 1.165) is 12.0 Å². The van der Waals surface area contributed by atoms with Gasteiger partial charge in [-0.15, -0.1) is 24.0 Å². The molecule has 0 radical (unpaired) electrons. The molecule has 0 aliphatic heterocycles. The second kappa shape index (κ2) is 14.5. The first-order valence-corrected chi connectivity index (χ1v) is 10.3. The van der Waals surface area contributed by atoms with Crippen molar-refractivity contribution >= 4 is 35.8 Å². The van der Waals surface area contributed by atoms with Crippen molar-refractivity contribution in [2.24, 2.45) is 4.99 Å². The van der Waals surface area contributed by atoms with E-state index in [9.17, 15) is 9.90 Å². The minimum absolute atomic E-state index is 0. The minimum atomic E-state index is -0.843. The molecular weight excluding hydrogens is 523 g/mol. The second-order valence-corrected chi connectivity index (χ2v) is 6.80. The fourth-order valence-electron chi connectivity index (χ4n) is 3.06. The number of nitrogens with one attached hydrogen (secondary N) is 3. The van der Waals surface area contributed by atoms with E-state index in [0.29, 0.717) is 41.7 Å². The van der Waals surface area contributed by atoms with Crippen molar-refractivity contribution in [1.82, 2.24) is 16.0 Å². The first-order chi connectivity index (χ1) is 15.0. The minimum Gasteiger partial charge on any atom is -0.497 e. The molecule has 2 rings (SSSR count). The molecule has 0 saturated carbocycles. The van der Waals surface area contributed by atoms with E-state index in [1.807, 2.05) is 25.1 Å². The van der Waals surface area contributed by atoms with Crippen LogP contribution in [0.4, 0.5) is 0 Å².